The van der Waals surface area contributed by atoms with Crippen LogP contribution in [-0.2, 0) is 13.1 Å². The second kappa shape index (κ2) is 8.70. The maximum absolute atomic E-state index is 9.92. The van der Waals surface area contributed by atoms with E-state index in [1.807, 2.05) is 43.4 Å². The first-order chi connectivity index (χ1) is 14.7. The van der Waals surface area contributed by atoms with E-state index < -0.39 is 0 Å². The minimum absolute atomic E-state index is 0.584. The van der Waals surface area contributed by atoms with Crippen molar-refractivity contribution in [3.8, 4) is 23.1 Å². The Morgan fingerprint density at radius 3 is 2.83 bits per heavy atom. The van der Waals surface area contributed by atoms with E-state index in [2.05, 4.69) is 39.0 Å². The molecule has 0 saturated heterocycles. The van der Waals surface area contributed by atoms with Gasteiger partial charge in [-0.15, -0.1) is 0 Å². The second-order valence-electron chi connectivity index (χ2n) is 6.95. The number of ether oxygens (including phenoxy) is 1. The molecular formula is C23H24N6O. The SMILES string of the molecule is CCn1c(-c2cccc(NC)c2)c(C#N)c2ccc(OCCCn3cncn3)cc21. The molecule has 0 fully saturated rings. The van der Waals surface area contributed by atoms with Crippen LogP contribution in [0.1, 0.15) is 18.9 Å². The van der Waals surface area contributed by atoms with Gasteiger partial charge < -0.3 is 14.6 Å². The number of aromatic nitrogens is 4. The van der Waals surface area contributed by atoms with Gasteiger partial charge in [-0.05, 0) is 31.2 Å². The molecule has 0 atom stereocenters. The van der Waals surface area contributed by atoms with Crippen LogP contribution < -0.4 is 10.1 Å². The van der Waals surface area contributed by atoms with Crippen LogP contribution in [0.15, 0.2) is 55.1 Å². The molecule has 0 aliphatic rings. The second-order valence-corrected chi connectivity index (χ2v) is 6.95. The number of rotatable bonds is 8. The number of nitrogens with one attached hydrogen (secondary N) is 1. The zero-order chi connectivity index (χ0) is 20.9. The lowest BCUT2D eigenvalue weighted by Crippen LogP contribution is -2.05. The maximum atomic E-state index is 9.92. The lowest BCUT2D eigenvalue weighted by Gasteiger charge is -2.11. The molecule has 0 saturated carbocycles. The monoisotopic (exact) mass is 400 g/mol. The lowest BCUT2D eigenvalue weighted by atomic mass is 10.1. The van der Waals surface area contributed by atoms with E-state index in [1.165, 1.54) is 6.33 Å². The summed E-state index contributed by atoms with van der Waals surface area (Å²) in [6.45, 7) is 4.20. The number of anilines is 1. The summed E-state index contributed by atoms with van der Waals surface area (Å²) in [7, 11) is 1.90. The number of hydrogen-bond donors (Lipinski definition) is 1. The standard InChI is InChI=1S/C23H24N6O/c1-3-29-22-13-19(30-11-5-10-28-16-26-15-27-28)8-9-20(22)21(14-24)23(29)17-6-4-7-18(12-17)25-2/h4,6-9,12-13,15-16,25H,3,5,10-11H2,1-2H3. The van der Waals surface area contributed by atoms with Gasteiger partial charge in [0.2, 0.25) is 0 Å². The van der Waals surface area contributed by atoms with Crippen LogP contribution in [0.5, 0.6) is 5.75 Å². The van der Waals surface area contributed by atoms with Gasteiger partial charge in [-0.1, -0.05) is 12.1 Å². The summed E-state index contributed by atoms with van der Waals surface area (Å²) in [5.74, 6) is 0.799. The van der Waals surface area contributed by atoms with Gasteiger partial charge in [0, 0.05) is 49.3 Å². The third-order valence-corrected chi connectivity index (χ3v) is 5.16. The minimum atomic E-state index is 0.584. The van der Waals surface area contributed by atoms with Crippen LogP contribution in [0.3, 0.4) is 0 Å². The van der Waals surface area contributed by atoms with Crippen molar-refractivity contribution in [2.24, 2.45) is 0 Å². The molecule has 7 nitrogen and oxygen atoms in total. The largest absolute Gasteiger partial charge is 0.493 e. The first-order valence-corrected chi connectivity index (χ1v) is 10.0. The average Bonchev–Trinajstić information content (AvgIpc) is 3.41. The predicted octanol–water partition coefficient (Wildman–Crippen LogP) is 4.30. The van der Waals surface area contributed by atoms with Crippen molar-refractivity contribution in [1.82, 2.24) is 19.3 Å². The fraction of sp³-hybridized carbons (Fsp3) is 0.261. The van der Waals surface area contributed by atoms with E-state index in [-0.39, 0.29) is 0 Å². The summed E-state index contributed by atoms with van der Waals surface area (Å²) in [4.78, 5) is 3.94. The van der Waals surface area contributed by atoms with Crippen LogP contribution >= 0.6 is 0 Å². The van der Waals surface area contributed by atoms with E-state index in [1.54, 1.807) is 11.0 Å². The smallest absolute Gasteiger partial charge is 0.137 e. The van der Waals surface area contributed by atoms with Crippen LogP contribution in [0.25, 0.3) is 22.2 Å². The zero-order valence-corrected chi connectivity index (χ0v) is 17.2. The van der Waals surface area contributed by atoms with E-state index in [9.17, 15) is 5.26 Å². The predicted molar refractivity (Wildman–Crippen MR) is 117 cm³/mol. The highest BCUT2D eigenvalue weighted by Crippen LogP contribution is 2.36. The summed E-state index contributed by atoms with van der Waals surface area (Å²) in [5, 5.41) is 18.1. The van der Waals surface area contributed by atoms with E-state index in [0.29, 0.717) is 12.2 Å². The van der Waals surface area contributed by atoms with Gasteiger partial charge in [0.05, 0.1) is 23.4 Å². The first-order valence-electron chi connectivity index (χ1n) is 10.0. The molecule has 2 aromatic carbocycles. The third kappa shape index (κ3) is 3.72. The van der Waals surface area contributed by atoms with E-state index in [0.717, 1.165) is 53.1 Å². The summed E-state index contributed by atoms with van der Waals surface area (Å²) >= 11 is 0. The molecule has 0 bridgehead atoms. The number of aryl methyl sites for hydroxylation is 2. The van der Waals surface area contributed by atoms with E-state index >= 15 is 0 Å². The Balaban J connectivity index is 1.65. The fourth-order valence-corrected chi connectivity index (χ4v) is 3.75. The first kappa shape index (κ1) is 19.5. The molecule has 7 heteroatoms. The van der Waals surface area contributed by atoms with Crippen molar-refractivity contribution < 1.29 is 4.74 Å². The van der Waals surface area contributed by atoms with Gasteiger partial charge in [-0.2, -0.15) is 10.4 Å². The average molecular weight is 400 g/mol. The van der Waals surface area contributed by atoms with Crippen LogP contribution in [0, 0.1) is 11.3 Å². The minimum Gasteiger partial charge on any atom is -0.493 e. The summed E-state index contributed by atoms with van der Waals surface area (Å²) in [6, 6.07) is 16.5. The normalized spacial score (nSPS) is 10.8. The molecule has 1 N–H and O–H groups in total. The molecule has 0 spiro atoms. The number of nitriles is 1. The number of fused-ring (bicyclic) bond motifs is 1. The van der Waals surface area contributed by atoms with Crippen LogP contribution in [0.2, 0.25) is 0 Å². The van der Waals surface area contributed by atoms with Crippen molar-refractivity contribution in [1.29, 1.82) is 5.26 Å². The summed E-state index contributed by atoms with van der Waals surface area (Å²) in [5.41, 5.74) is 4.67. The van der Waals surface area contributed by atoms with Crippen molar-refractivity contribution >= 4 is 16.6 Å². The number of hydrogen-bond acceptors (Lipinski definition) is 5. The molecular weight excluding hydrogens is 376 g/mol. The van der Waals surface area contributed by atoms with Crippen molar-refractivity contribution in [3.05, 3.63) is 60.7 Å². The van der Waals surface area contributed by atoms with Gasteiger partial charge in [0.15, 0.2) is 0 Å². The van der Waals surface area contributed by atoms with E-state index in [4.69, 9.17) is 4.74 Å². The third-order valence-electron chi connectivity index (χ3n) is 5.16. The molecule has 4 rings (SSSR count). The van der Waals surface area contributed by atoms with Gasteiger partial charge in [-0.25, -0.2) is 4.98 Å². The molecule has 0 aliphatic heterocycles. The van der Waals surface area contributed by atoms with Crippen molar-refractivity contribution in [2.45, 2.75) is 26.4 Å². The Bertz CT molecular complexity index is 1190. The molecule has 0 amide bonds. The Morgan fingerprint density at radius 2 is 2.10 bits per heavy atom. The van der Waals surface area contributed by atoms with Crippen molar-refractivity contribution in [3.63, 3.8) is 0 Å². The van der Waals surface area contributed by atoms with Gasteiger partial charge in [0.25, 0.3) is 0 Å². The summed E-state index contributed by atoms with van der Waals surface area (Å²) in [6.07, 6.45) is 4.07. The van der Waals surface area contributed by atoms with Crippen LogP contribution in [-0.4, -0.2) is 33.0 Å². The lowest BCUT2D eigenvalue weighted by molar-refractivity contribution is 0.299. The van der Waals surface area contributed by atoms with Crippen LogP contribution in [0.4, 0.5) is 5.69 Å². The quantitative estimate of drug-likeness (QED) is 0.446. The molecule has 4 aromatic rings. The topological polar surface area (TPSA) is 80.7 Å². The molecule has 152 valence electrons. The number of benzene rings is 2. The Morgan fingerprint density at radius 1 is 1.20 bits per heavy atom. The molecule has 0 unspecified atom stereocenters. The molecule has 0 aliphatic carbocycles. The fourth-order valence-electron chi connectivity index (χ4n) is 3.75. The maximum Gasteiger partial charge on any atom is 0.137 e. The zero-order valence-electron chi connectivity index (χ0n) is 17.2. The Kier molecular flexibility index (Phi) is 5.66. The molecule has 0 radical (unpaired) electrons. The molecule has 30 heavy (non-hydrogen) atoms. The van der Waals surface area contributed by atoms with Gasteiger partial charge in [0.1, 0.15) is 24.5 Å². The Labute approximate surface area is 175 Å². The number of nitrogens with zero attached hydrogens (tertiary/aromatic N) is 5. The molecule has 2 aromatic heterocycles. The van der Waals surface area contributed by atoms with Gasteiger partial charge >= 0.3 is 0 Å². The highest BCUT2D eigenvalue weighted by Gasteiger charge is 2.18. The van der Waals surface area contributed by atoms with Gasteiger partial charge in [-0.3, -0.25) is 4.68 Å². The summed E-state index contributed by atoms with van der Waals surface area (Å²) < 4.78 is 9.95. The van der Waals surface area contributed by atoms with Crippen molar-refractivity contribution in [2.75, 3.05) is 19.0 Å². The Hall–Kier alpha value is -3.79. The highest BCUT2D eigenvalue weighted by molar-refractivity contribution is 5.95. The molecule has 2 heterocycles. The highest BCUT2D eigenvalue weighted by atomic mass is 16.5.